The zero-order valence-corrected chi connectivity index (χ0v) is 10.2. The summed E-state index contributed by atoms with van der Waals surface area (Å²) >= 11 is 0. The number of halogens is 1. The van der Waals surface area contributed by atoms with E-state index >= 15 is 0 Å². The van der Waals surface area contributed by atoms with Crippen LogP contribution in [-0.4, -0.2) is 4.98 Å². The van der Waals surface area contributed by atoms with Crippen molar-refractivity contribution >= 4 is 10.9 Å². The second kappa shape index (κ2) is 4.58. The molecule has 2 nitrogen and oxygen atoms in total. The molecular weight excluding hydrogens is 239 g/mol. The van der Waals surface area contributed by atoms with Crippen molar-refractivity contribution in [1.29, 1.82) is 5.26 Å². The quantitative estimate of drug-likeness (QED) is 0.738. The van der Waals surface area contributed by atoms with Gasteiger partial charge in [-0.1, -0.05) is 24.3 Å². The van der Waals surface area contributed by atoms with Crippen molar-refractivity contribution in [2.75, 3.05) is 0 Å². The minimum Gasteiger partial charge on any atom is -0.360 e. The molecule has 0 fully saturated rings. The van der Waals surface area contributed by atoms with Crippen LogP contribution in [0.1, 0.15) is 16.7 Å². The van der Waals surface area contributed by atoms with E-state index in [0.29, 0.717) is 12.0 Å². The van der Waals surface area contributed by atoms with Crippen LogP contribution < -0.4 is 0 Å². The molecular formula is C16H11FN2. The molecule has 3 aromatic rings. The molecule has 3 heteroatoms. The summed E-state index contributed by atoms with van der Waals surface area (Å²) in [7, 11) is 0. The number of hydrogen-bond donors (Lipinski definition) is 1. The van der Waals surface area contributed by atoms with E-state index in [4.69, 9.17) is 5.26 Å². The number of rotatable bonds is 2. The molecule has 3 rings (SSSR count). The molecule has 1 aromatic heterocycles. The van der Waals surface area contributed by atoms with Gasteiger partial charge in [-0.05, 0) is 35.7 Å². The Kier molecular flexibility index (Phi) is 2.77. The Bertz CT molecular complexity index is 781. The fraction of sp³-hybridized carbons (Fsp3) is 0.0625. The summed E-state index contributed by atoms with van der Waals surface area (Å²) in [6.07, 6.45) is 2.38. The zero-order valence-electron chi connectivity index (χ0n) is 10.2. The van der Waals surface area contributed by atoms with Gasteiger partial charge in [-0.3, -0.25) is 0 Å². The normalized spacial score (nSPS) is 10.5. The third-order valence-electron chi connectivity index (χ3n) is 3.16. The summed E-state index contributed by atoms with van der Waals surface area (Å²) < 4.78 is 13.1. The number of fused-ring (bicyclic) bond motifs is 1. The van der Waals surface area contributed by atoms with Crippen LogP contribution in [0.4, 0.5) is 4.39 Å². The van der Waals surface area contributed by atoms with Crippen molar-refractivity contribution in [2.45, 2.75) is 6.42 Å². The second-order valence-electron chi connectivity index (χ2n) is 4.50. The number of nitrogens with zero attached hydrogens (tertiary/aromatic N) is 1. The van der Waals surface area contributed by atoms with Gasteiger partial charge < -0.3 is 4.98 Å². The van der Waals surface area contributed by atoms with Crippen molar-refractivity contribution in [1.82, 2.24) is 4.98 Å². The van der Waals surface area contributed by atoms with Crippen molar-refractivity contribution < 1.29 is 4.39 Å². The number of H-pyrrole nitrogens is 1. The molecule has 0 spiro atoms. The first kappa shape index (κ1) is 11.5. The monoisotopic (exact) mass is 250 g/mol. The molecule has 0 saturated heterocycles. The minimum absolute atomic E-state index is 0.217. The Balaban J connectivity index is 1.96. The van der Waals surface area contributed by atoms with Crippen LogP contribution >= 0.6 is 0 Å². The van der Waals surface area contributed by atoms with Crippen LogP contribution in [0.25, 0.3) is 10.9 Å². The fourth-order valence-electron chi connectivity index (χ4n) is 2.26. The lowest BCUT2D eigenvalue weighted by Gasteiger charge is -2.02. The molecule has 92 valence electrons. The molecule has 0 saturated carbocycles. The second-order valence-corrected chi connectivity index (χ2v) is 4.50. The predicted molar refractivity (Wildman–Crippen MR) is 72.2 cm³/mol. The lowest BCUT2D eigenvalue weighted by molar-refractivity contribution is 0.626. The molecule has 0 aliphatic heterocycles. The van der Waals surface area contributed by atoms with Crippen molar-refractivity contribution in [3.8, 4) is 6.07 Å². The summed E-state index contributed by atoms with van der Waals surface area (Å²) in [5, 5.41) is 9.87. The molecule has 0 atom stereocenters. The first-order valence-corrected chi connectivity index (χ1v) is 6.01. The van der Waals surface area contributed by atoms with Crippen LogP contribution in [0.3, 0.4) is 0 Å². The van der Waals surface area contributed by atoms with Gasteiger partial charge in [0.2, 0.25) is 0 Å². The van der Waals surface area contributed by atoms with Crippen LogP contribution in [-0.2, 0) is 6.42 Å². The summed E-state index contributed by atoms with van der Waals surface area (Å²) in [5.74, 6) is -0.217. The number of nitriles is 1. The van der Waals surface area contributed by atoms with E-state index in [1.807, 2.05) is 24.3 Å². The van der Waals surface area contributed by atoms with Crippen molar-refractivity contribution in [2.24, 2.45) is 0 Å². The van der Waals surface area contributed by atoms with Crippen LogP contribution in [0.2, 0.25) is 0 Å². The van der Waals surface area contributed by atoms with Crippen LogP contribution in [0.15, 0.2) is 48.7 Å². The van der Waals surface area contributed by atoms with E-state index in [9.17, 15) is 4.39 Å². The standard InChI is InChI=1S/C16H11FN2/c17-14-3-1-2-11(7-14)6-12-4-5-15-13(9-18)10-19-16(15)8-12/h1-5,7-8,10,19H,6H2. The molecule has 0 bridgehead atoms. The number of aromatic nitrogens is 1. The Hall–Kier alpha value is -2.60. The smallest absolute Gasteiger partial charge is 0.123 e. The number of hydrogen-bond acceptors (Lipinski definition) is 1. The van der Waals surface area contributed by atoms with E-state index < -0.39 is 0 Å². The summed E-state index contributed by atoms with van der Waals surface area (Å²) in [5.41, 5.74) is 3.61. The Morgan fingerprint density at radius 1 is 1.11 bits per heavy atom. The lowest BCUT2D eigenvalue weighted by atomic mass is 10.0. The van der Waals surface area contributed by atoms with Crippen LogP contribution in [0.5, 0.6) is 0 Å². The molecule has 1 N–H and O–H groups in total. The van der Waals surface area contributed by atoms with Gasteiger partial charge in [0.1, 0.15) is 11.9 Å². The zero-order chi connectivity index (χ0) is 13.2. The van der Waals surface area contributed by atoms with Crippen molar-refractivity contribution in [3.05, 3.63) is 71.2 Å². The first-order chi connectivity index (χ1) is 9.26. The van der Waals surface area contributed by atoms with Gasteiger partial charge in [0.05, 0.1) is 5.56 Å². The van der Waals surface area contributed by atoms with E-state index in [1.54, 1.807) is 18.3 Å². The predicted octanol–water partition coefficient (Wildman–Crippen LogP) is 3.77. The largest absolute Gasteiger partial charge is 0.360 e. The number of nitrogens with one attached hydrogen (secondary N) is 1. The van der Waals surface area contributed by atoms with Gasteiger partial charge in [0.25, 0.3) is 0 Å². The highest BCUT2D eigenvalue weighted by atomic mass is 19.1. The Labute approximate surface area is 110 Å². The number of benzene rings is 2. The number of aromatic amines is 1. The minimum atomic E-state index is -0.217. The molecule has 0 amide bonds. The highest BCUT2D eigenvalue weighted by Crippen LogP contribution is 2.20. The summed E-state index contributed by atoms with van der Waals surface area (Å²) in [6, 6.07) is 14.7. The molecule has 19 heavy (non-hydrogen) atoms. The van der Waals surface area contributed by atoms with Gasteiger partial charge in [-0.2, -0.15) is 5.26 Å². The lowest BCUT2D eigenvalue weighted by Crippen LogP contribution is -1.89. The SMILES string of the molecule is N#Cc1c[nH]c2cc(Cc3cccc(F)c3)ccc12. The summed E-state index contributed by atoms with van der Waals surface area (Å²) in [4.78, 5) is 3.08. The third kappa shape index (κ3) is 2.21. The van der Waals surface area contributed by atoms with E-state index in [2.05, 4.69) is 11.1 Å². The highest BCUT2D eigenvalue weighted by molar-refractivity contribution is 5.86. The van der Waals surface area contributed by atoms with Gasteiger partial charge in [0, 0.05) is 17.1 Å². The van der Waals surface area contributed by atoms with Gasteiger partial charge in [-0.25, -0.2) is 4.39 Å². The first-order valence-electron chi connectivity index (χ1n) is 6.01. The van der Waals surface area contributed by atoms with Gasteiger partial charge in [-0.15, -0.1) is 0 Å². The summed E-state index contributed by atoms with van der Waals surface area (Å²) in [6.45, 7) is 0. The van der Waals surface area contributed by atoms with E-state index in [0.717, 1.165) is 22.0 Å². The van der Waals surface area contributed by atoms with Gasteiger partial charge in [0.15, 0.2) is 0 Å². The maximum atomic E-state index is 13.1. The van der Waals surface area contributed by atoms with E-state index in [-0.39, 0.29) is 5.82 Å². The Morgan fingerprint density at radius 3 is 2.74 bits per heavy atom. The van der Waals surface area contributed by atoms with Gasteiger partial charge >= 0.3 is 0 Å². The molecule has 0 aliphatic rings. The molecule has 0 unspecified atom stereocenters. The average Bonchev–Trinajstić information content (AvgIpc) is 2.81. The maximum absolute atomic E-state index is 13.1. The highest BCUT2D eigenvalue weighted by Gasteiger charge is 2.04. The fourth-order valence-corrected chi connectivity index (χ4v) is 2.26. The third-order valence-corrected chi connectivity index (χ3v) is 3.16. The molecule has 2 aromatic carbocycles. The van der Waals surface area contributed by atoms with Crippen molar-refractivity contribution in [3.63, 3.8) is 0 Å². The molecule has 0 radical (unpaired) electrons. The topological polar surface area (TPSA) is 39.6 Å². The molecule has 1 heterocycles. The molecule has 0 aliphatic carbocycles. The van der Waals surface area contributed by atoms with Crippen LogP contribution in [0, 0.1) is 17.1 Å². The average molecular weight is 250 g/mol. The Morgan fingerprint density at radius 2 is 1.95 bits per heavy atom. The maximum Gasteiger partial charge on any atom is 0.123 e. The van der Waals surface area contributed by atoms with E-state index in [1.165, 1.54) is 6.07 Å².